The molecule has 23 heavy (non-hydrogen) atoms. The largest absolute Gasteiger partial charge is 0.497 e. The molecule has 1 aromatic rings. The lowest BCUT2D eigenvalue weighted by molar-refractivity contribution is -0.141. The van der Waals surface area contributed by atoms with E-state index in [1.165, 1.54) is 14.0 Å². The van der Waals surface area contributed by atoms with Crippen molar-refractivity contribution < 1.29 is 19.1 Å². The minimum Gasteiger partial charge on any atom is -0.497 e. The number of carbonyl (C=O) groups excluding carboxylic acids is 2. The van der Waals surface area contributed by atoms with E-state index in [2.05, 4.69) is 9.64 Å². The monoisotopic (exact) mass is 322 g/mol. The van der Waals surface area contributed by atoms with E-state index in [1.807, 2.05) is 38.4 Å². The molecule has 1 amide bonds. The zero-order valence-electron chi connectivity index (χ0n) is 14.5. The summed E-state index contributed by atoms with van der Waals surface area (Å²) in [7, 11) is 6.91. The van der Waals surface area contributed by atoms with Crippen LogP contribution in [0.1, 0.15) is 24.9 Å². The third-order valence-corrected chi connectivity index (χ3v) is 3.78. The van der Waals surface area contributed by atoms with Gasteiger partial charge in [-0.1, -0.05) is 12.1 Å². The topological polar surface area (TPSA) is 59.1 Å². The molecule has 0 aromatic heterocycles. The van der Waals surface area contributed by atoms with Crippen molar-refractivity contribution in [3.8, 4) is 5.75 Å². The highest BCUT2D eigenvalue weighted by Crippen LogP contribution is 2.22. The molecule has 0 aliphatic carbocycles. The Balaban J connectivity index is 2.85. The lowest BCUT2D eigenvalue weighted by Gasteiger charge is -2.31. The van der Waals surface area contributed by atoms with Gasteiger partial charge in [-0.15, -0.1) is 0 Å². The molecule has 0 fully saturated rings. The Labute approximate surface area is 138 Å². The number of methoxy groups -OCH3 is 2. The first kappa shape index (κ1) is 19.0. The van der Waals surface area contributed by atoms with Crippen LogP contribution < -0.4 is 4.74 Å². The van der Waals surface area contributed by atoms with Crippen LogP contribution in [0.25, 0.3) is 0 Å². The Morgan fingerprint density at radius 3 is 2.17 bits per heavy atom. The molecule has 0 saturated carbocycles. The second-order valence-electron chi connectivity index (χ2n) is 5.54. The van der Waals surface area contributed by atoms with E-state index < -0.39 is 0 Å². The van der Waals surface area contributed by atoms with Crippen LogP contribution in [-0.2, 0) is 14.3 Å². The number of benzene rings is 1. The first-order valence-corrected chi connectivity index (χ1v) is 7.51. The molecule has 0 aliphatic heterocycles. The number of likely N-dealkylation sites (N-methyl/N-ethyl adjacent to an activating group) is 1. The molecule has 0 spiro atoms. The predicted octanol–water partition coefficient (Wildman–Crippen LogP) is 1.71. The SMILES string of the molecule is COC(=O)CCN(CC(c1ccc(OC)cc1)N(C)C)C(C)=O. The fraction of sp³-hybridized carbons (Fsp3) is 0.529. The smallest absolute Gasteiger partial charge is 0.307 e. The number of esters is 1. The summed E-state index contributed by atoms with van der Waals surface area (Å²) in [5, 5.41) is 0. The molecule has 1 rings (SSSR count). The van der Waals surface area contributed by atoms with E-state index in [0.29, 0.717) is 13.1 Å². The van der Waals surface area contributed by atoms with Crippen molar-refractivity contribution in [3.05, 3.63) is 29.8 Å². The van der Waals surface area contributed by atoms with Crippen LogP contribution in [0.2, 0.25) is 0 Å². The maximum atomic E-state index is 11.9. The summed E-state index contributed by atoms with van der Waals surface area (Å²) in [6.45, 7) is 2.37. The van der Waals surface area contributed by atoms with E-state index in [9.17, 15) is 9.59 Å². The third-order valence-electron chi connectivity index (χ3n) is 3.78. The lowest BCUT2D eigenvalue weighted by Crippen LogP contribution is -2.38. The number of hydrogen-bond acceptors (Lipinski definition) is 5. The van der Waals surface area contributed by atoms with Crippen molar-refractivity contribution in [2.45, 2.75) is 19.4 Å². The lowest BCUT2D eigenvalue weighted by atomic mass is 10.0. The number of ether oxygens (including phenoxy) is 2. The van der Waals surface area contributed by atoms with Crippen LogP contribution in [0, 0.1) is 0 Å². The fourth-order valence-electron chi connectivity index (χ4n) is 2.31. The van der Waals surface area contributed by atoms with E-state index in [0.717, 1.165) is 11.3 Å². The summed E-state index contributed by atoms with van der Waals surface area (Å²) < 4.78 is 9.82. The van der Waals surface area contributed by atoms with Gasteiger partial charge in [-0.25, -0.2) is 0 Å². The zero-order valence-corrected chi connectivity index (χ0v) is 14.5. The van der Waals surface area contributed by atoms with Crippen LogP contribution in [0.4, 0.5) is 0 Å². The minimum absolute atomic E-state index is 0.0300. The Kier molecular flexibility index (Phi) is 7.54. The van der Waals surface area contributed by atoms with Crippen LogP contribution >= 0.6 is 0 Å². The third kappa shape index (κ3) is 5.90. The molecule has 1 unspecified atom stereocenters. The number of hydrogen-bond donors (Lipinski definition) is 0. The fourth-order valence-corrected chi connectivity index (χ4v) is 2.31. The molecule has 6 nitrogen and oxygen atoms in total. The van der Waals surface area contributed by atoms with Gasteiger partial charge in [0.15, 0.2) is 0 Å². The van der Waals surface area contributed by atoms with E-state index >= 15 is 0 Å². The van der Waals surface area contributed by atoms with Gasteiger partial charge in [-0.2, -0.15) is 0 Å². The number of nitrogens with zero attached hydrogens (tertiary/aromatic N) is 2. The average Bonchev–Trinajstić information content (AvgIpc) is 2.54. The van der Waals surface area contributed by atoms with Gasteiger partial charge in [0.25, 0.3) is 0 Å². The minimum atomic E-state index is -0.317. The van der Waals surface area contributed by atoms with Gasteiger partial charge in [0, 0.05) is 20.0 Å². The van der Waals surface area contributed by atoms with Crippen LogP contribution in [0.15, 0.2) is 24.3 Å². The number of amides is 1. The molecule has 128 valence electrons. The van der Waals surface area contributed by atoms with Gasteiger partial charge in [0.1, 0.15) is 5.75 Å². The second-order valence-corrected chi connectivity index (χ2v) is 5.54. The van der Waals surface area contributed by atoms with Gasteiger partial charge in [-0.3, -0.25) is 9.59 Å². The van der Waals surface area contributed by atoms with Gasteiger partial charge in [-0.05, 0) is 31.8 Å². The van der Waals surface area contributed by atoms with Gasteiger partial charge < -0.3 is 19.3 Å². The maximum absolute atomic E-state index is 11.9. The molecule has 0 saturated heterocycles. The Morgan fingerprint density at radius 2 is 1.74 bits per heavy atom. The van der Waals surface area contributed by atoms with E-state index in [4.69, 9.17) is 4.74 Å². The van der Waals surface area contributed by atoms with Gasteiger partial charge in [0.05, 0.1) is 26.7 Å². The molecule has 0 radical (unpaired) electrons. The highest BCUT2D eigenvalue weighted by molar-refractivity contribution is 5.75. The zero-order chi connectivity index (χ0) is 17.4. The highest BCUT2D eigenvalue weighted by atomic mass is 16.5. The molecule has 0 heterocycles. The summed E-state index contributed by atoms with van der Waals surface area (Å²) in [4.78, 5) is 26.9. The van der Waals surface area contributed by atoms with Gasteiger partial charge >= 0.3 is 5.97 Å². The average molecular weight is 322 g/mol. The summed E-state index contributed by atoms with van der Waals surface area (Å²) in [6, 6.07) is 7.81. The van der Waals surface area contributed by atoms with Crippen molar-refractivity contribution >= 4 is 11.9 Å². The van der Waals surface area contributed by atoms with Crippen LogP contribution in [0.3, 0.4) is 0 Å². The Bertz CT molecular complexity index is 514. The summed E-state index contributed by atoms with van der Waals surface area (Å²) in [6.07, 6.45) is 0.193. The first-order valence-electron chi connectivity index (χ1n) is 7.51. The number of carbonyl (C=O) groups is 2. The predicted molar refractivity (Wildman–Crippen MR) is 88.3 cm³/mol. The van der Waals surface area contributed by atoms with E-state index in [-0.39, 0.29) is 24.3 Å². The molecule has 1 aromatic carbocycles. The maximum Gasteiger partial charge on any atom is 0.307 e. The first-order chi connectivity index (χ1) is 10.9. The molecular weight excluding hydrogens is 296 g/mol. The van der Waals surface area contributed by atoms with Crippen molar-refractivity contribution in [2.24, 2.45) is 0 Å². The molecule has 1 atom stereocenters. The van der Waals surface area contributed by atoms with Crippen LogP contribution in [0.5, 0.6) is 5.75 Å². The van der Waals surface area contributed by atoms with Crippen LogP contribution in [-0.4, -0.2) is 63.1 Å². The Hall–Kier alpha value is -2.08. The molecule has 0 bridgehead atoms. The summed E-state index contributed by atoms with van der Waals surface area (Å²) in [5.74, 6) is 0.414. The molecule has 6 heteroatoms. The highest BCUT2D eigenvalue weighted by Gasteiger charge is 2.20. The summed E-state index contributed by atoms with van der Waals surface area (Å²) >= 11 is 0. The van der Waals surface area contributed by atoms with Crippen molar-refractivity contribution in [1.29, 1.82) is 0 Å². The second kappa shape index (κ2) is 9.15. The Morgan fingerprint density at radius 1 is 1.13 bits per heavy atom. The molecular formula is C17H26N2O4. The number of rotatable bonds is 8. The molecule has 0 aliphatic rings. The summed E-state index contributed by atoms with van der Waals surface area (Å²) in [5.41, 5.74) is 1.08. The van der Waals surface area contributed by atoms with Gasteiger partial charge in [0.2, 0.25) is 5.91 Å². The van der Waals surface area contributed by atoms with Crippen molar-refractivity contribution in [2.75, 3.05) is 41.4 Å². The van der Waals surface area contributed by atoms with Crippen molar-refractivity contribution in [3.63, 3.8) is 0 Å². The normalized spacial score (nSPS) is 11.9. The molecule has 0 N–H and O–H groups in total. The van der Waals surface area contributed by atoms with E-state index in [1.54, 1.807) is 12.0 Å². The quantitative estimate of drug-likeness (QED) is 0.682. The van der Waals surface area contributed by atoms with Crippen molar-refractivity contribution in [1.82, 2.24) is 9.80 Å². The standard InChI is InChI=1S/C17H26N2O4/c1-13(20)19(11-10-17(21)23-5)12-16(18(2)3)14-6-8-15(22-4)9-7-14/h6-9,16H,10-12H2,1-5H3.